The Labute approximate surface area is 132 Å². The van der Waals surface area contributed by atoms with Gasteiger partial charge in [-0.15, -0.1) is 22.7 Å². The van der Waals surface area contributed by atoms with Crippen molar-refractivity contribution in [2.75, 3.05) is 13.2 Å². The first-order valence-corrected chi connectivity index (χ1v) is 8.93. The summed E-state index contributed by atoms with van der Waals surface area (Å²) >= 11 is 9.49. The van der Waals surface area contributed by atoms with E-state index in [4.69, 9.17) is 11.6 Å². The van der Waals surface area contributed by atoms with Gasteiger partial charge in [-0.1, -0.05) is 17.7 Å². The molecular formula is C15H18ClNOS2. The van der Waals surface area contributed by atoms with Crippen LogP contribution in [0.3, 0.4) is 0 Å². The predicted octanol–water partition coefficient (Wildman–Crippen LogP) is 4.30. The summed E-state index contributed by atoms with van der Waals surface area (Å²) in [4.78, 5) is 2.58. The molecule has 20 heavy (non-hydrogen) atoms. The highest BCUT2D eigenvalue weighted by atomic mass is 35.5. The number of rotatable bonds is 7. The van der Waals surface area contributed by atoms with E-state index < -0.39 is 0 Å². The molecule has 1 fully saturated rings. The Hall–Kier alpha value is -0.390. The zero-order valence-corrected chi connectivity index (χ0v) is 13.5. The third-order valence-corrected chi connectivity index (χ3v) is 6.22. The van der Waals surface area contributed by atoms with E-state index in [-0.39, 0.29) is 12.6 Å². The second kappa shape index (κ2) is 6.16. The maximum Gasteiger partial charge on any atom is 0.0931 e. The van der Waals surface area contributed by atoms with E-state index in [0.717, 1.165) is 17.3 Å². The van der Waals surface area contributed by atoms with Crippen LogP contribution in [0.5, 0.6) is 0 Å². The molecule has 1 unspecified atom stereocenters. The Kier molecular flexibility index (Phi) is 4.48. The van der Waals surface area contributed by atoms with Crippen molar-refractivity contribution >= 4 is 34.3 Å². The minimum absolute atomic E-state index is 0.226. The number of hydrogen-bond donors (Lipinski definition) is 2. The van der Waals surface area contributed by atoms with Crippen LogP contribution in [0.2, 0.25) is 4.34 Å². The molecule has 0 amide bonds. The van der Waals surface area contributed by atoms with Gasteiger partial charge >= 0.3 is 0 Å². The lowest BCUT2D eigenvalue weighted by molar-refractivity contribution is 0.244. The van der Waals surface area contributed by atoms with Gasteiger partial charge in [-0.2, -0.15) is 0 Å². The Bertz CT molecular complexity index is 548. The fourth-order valence-electron chi connectivity index (χ4n) is 2.53. The predicted molar refractivity (Wildman–Crippen MR) is 86.9 cm³/mol. The molecule has 0 aliphatic heterocycles. The summed E-state index contributed by atoms with van der Waals surface area (Å²) in [5.41, 5.74) is 0.325. The molecule has 2 nitrogen and oxygen atoms in total. The third kappa shape index (κ3) is 3.26. The van der Waals surface area contributed by atoms with Gasteiger partial charge in [0.05, 0.1) is 10.4 Å². The topological polar surface area (TPSA) is 32.3 Å². The van der Waals surface area contributed by atoms with Crippen molar-refractivity contribution in [1.29, 1.82) is 0 Å². The van der Waals surface area contributed by atoms with Crippen molar-refractivity contribution in [3.63, 3.8) is 0 Å². The summed E-state index contributed by atoms with van der Waals surface area (Å²) in [6.45, 7) is 1.25. The zero-order valence-electron chi connectivity index (χ0n) is 11.1. The van der Waals surface area contributed by atoms with Crippen molar-refractivity contribution in [3.8, 4) is 0 Å². The van der Waals surface area contributed by atoms with Crippen LogP contribution in [0.4, 0.5) is 0 Å². The first-order chi connectivity index (χ1) is 9.72. The molecule has 0 spiro atoms. The fourth-order valence-corrected chi connectivity index (χ4v) is 4.58. The first kappa shape index (κ1) is 14.5. The van der Waals surface area contributed by atoms with Crippen molar-refractivity contribution < 1.29 is 5.11 Å². The van der Waals surface area contributed by atoms with Crippen LogP contribution in [-0.2, 0) is 0 Å². The molecular weight excluding hydrogens is 310 g/mol. The lowest BCUT2D eigenvalue weighted by Crippen LogP contribution is -2.28. The minimum Gasteiger partial charge on any atom is -0.396 e. The molecule has 2 N–H and O–H groups in total. The summed E-state index contributed by atoms with van der Waals surface area (Å²) < 4.78 is 0.833. The van der Waals surface area contributed by atoms with E-state index in [1.54, 1.807) is 22.7 Å². The van der Waals surface area contributed by atoms with Gasteiger partial charge in [0.2, 0.25) is 0 Å². The normalized spacial score (nSPS) is 18.1. The molecule has 1 atom stereocenters. The molecule has 2 aromatic heterocycles. The highest BCUT2D eigenvalue weighted by Gasteiger charge is 2.42. The summed E-state index contributed by atoms with van der Waals surface area (Å²) in [5.74, 6) is 0. The van der Waals surface area contributed by atoms with Crippen LogP contribution < -0.4 is 5.32 Å². The number of nitrogens with one attached hydrogen (secondary N) is 1. The Morgan fingerprint density at radius 2 is 2.15 bits per heavy atom. The van der Waals surface area contributed by atoms with Gasteiger partial charge in [0, 0.05) is 22.9 Å². The quantitative estimate of drug-likeness (QED) is 0.794. The number of thiophene rings is 2. The number of aliphatic hydroxyl groups excluding tert-OH is 1. The Balaban J connectivity index is 1.73. The van der Waals surface area contributed by atoms with Gasteiger partial charge in [-0.25, -0.2) is 0 Å². The van der Waals surface area contributed by atoms with Crippen LogP contribution in [0, 0.1) is 5.41 Å². The van der Waals surface area contributed by atoms with Crippen molar-refractivity contribution in [2.24, 2.45) is 5.41 Å². The van der Waals surface area contributed by atoms with E-state index >= 15 is 0 Å². The van der Waals surface area contributed by atoms with E-state index in [2.05, 4.69) is 28.9 Å². The highest BCUT2D eigenvalue weighted by Crippen LogP contribution is 2.48. The van der Waals surface area contributed by atoms with Gasteiger partial charge < -0.3 is 10.4 Å². The molecule has 0 bridgehead atoms. The first-order valence-electron chi connectivity index (χ1n) is 6.85. The smallest absolute Gasteiger partial charge is 0.0931 e. The zero-order chi connectivity index (χ0) is 14.0. The number of hydrogen-bond acceptors (Lipinski definition) is 4. The monoisotopic (exact) mass is 327 g/mol. The summed E-state index contributed by atoms with van der Waals surface area (Å²) in [7, 11) is 0. The molecule has 2 heterocycles. The molecule has 1 aliphatic carbocycles. The Morgan fingerprint density at radius 1 is 1.30 bits per heavy atom. The summed E-state index contributed by atoms with van der Waals surface area (Å²) in [5, 5.41) is 15.0. The van der Waals surface area contributed by atoms with Crippen molar-refractivity contribution in [1.82, 2.24) is 5.32 Å². The van der Waals surface area contributed by atoms with E-state index in [1.165, 1.54) is 22.6 Å². The van der Waals surface area contributed by atoms with Crippen molar-refractivity contribution in [3.05, 3.63) is 43.7 Å². The van der Waals surface area contributed by atoms with Gasteiger partial charge in [-0.3, -0.25) is 0 Å². The van der Waals surface area contributed by atoms with Crippen LogP contribution in [0.15, 0.2) is 29.6 Å². The summed E-state index contributed by atoms with van der Waals surface area (Å²) in [6.07, 6.45) is 3.36. The lowest BCUT2D eigenvalue weighted by atomic mass is 10.0. The molecule has 1 aliphatic rings. The lowest BCUT2D eigenvalue weighted by Gasteiger charge is -2.21. The van der Waals surface area contributed by atoms with E-state index in [0.29, 0.717) is 5.41 Å². The standard InChI is InChI=1S/C15H18ClNOS2/c16-13-4-3-12(20-13)14(11-2-1-9-19-11)17-10-15(5-6-15)7-8-18/h1-4,9,14,17-18H,5-8,10H2. The summed E-state index contributed by atoms with van der Waals surface area (Å²) in [6, 6.07) is 8.55. The van der Waals surface area contributed by atoms with Crippen LogP contribution in [0.1, 0.15) is 35.1 Å². The van der Waals surface area contributed by atoms with Crippen molar-refractivity contribution in [2.45, 2.75) is 25.3 Å². The SMILES string of the molecule is OCCC1(CNC(c2cccs2)c2ccc(Cl)s2)CC1. The third-order valence-electron chi connectivity index (χ3n) is 3.99. The molecule has 108 valence electrons. The highest BCUT2D eigenvalue weighted by molar-refractivity contribution is 7.16. The van der Waals surface area contributed by atoms with Crippen LogP contribution >= 0.6 is 34.3 Å². The Morgan fingerprint density at radius 3 is 2.70 bits per heavy atom. The number of aliphatic hydroxyl groups is 1. The fraction of sp³-hybridized carbons (Fsp3) is 0.467. The second-order valence-electron chi connectivity index (χ2n) is 5.44. The van der Waals surface area contributed by atoms with Gasteiger partial charge in [0.1, 0.15) is 0 Å². The molecule has 3 rings (SSSR count). The minimum atomic E-state index is 0.226. The molecule has 2 aromatic rings. The van der Waals surface area contributed by atoms with E-state index in [9.17, 15) is 5.11 Å². The average Bonchev–Trinajstić information content (AvgIpc) is 2.85. The molecule has 1 saturated carbocycles. The maximum absolute atomic E-state index is 9.17. The van der Waals surface area contributed by atoms with Gasteiger partial charge in [0.15, 0.2) is 0 Å². The van der Waals surface area contributed by atoms with Gasteiger partial charge in [-0.05, 0) is 48.3 Å². The molecule has 0 saturated heterocycles. The van der Waals surface area contributed by atoms with Crippen LogP contribution in [0.25, 0.3) is 0 Å². The molecule has 0 aromatic carbocycles. The van der Waals surface area contributed by atoms with E-state index in [1.807, 2.05) is 6.07 Å². The van der Waals surface area contributed by atoms with Crippen LogP contribution in [-0.4, -0.2) is 18.3 Å². The molecule has 0 radical (unpaired) electrons. The van der Waals surface area contributed by atoms with Gasteiger partial charge in [0.25, 0.3) is 0 Å². The largest absolute Gasteiger partial charge is 0.396 e. The molecule has 5 heteroatoms. The average molecular weight is 328 g/mol. The second-order valence-corrected chi connectivity index (χ2v) is 8.17. The maximum atomic E-state index is 9.17. The number of halogens is 1.